The summed E-state index contributed by atoms with van der Waals surface area (Å²) in [4.78, 5) is 31.3. The Balaban J connectivity index is 1.38. The zero-order valence-corrected chi connectivity index (χ0v) is 15.6. The molecule has 2 heterocycles. The molecule has 2 amide bonds. The first kappa shape index (κ1) is 18.6. The number of carbonyl (C=O) groups excluding carboxylic acids is 2. The standard InChI is InChI=1S/C19H33N3O3/c1-16(17-4-2-3-5-17)19(24)22-10-8-21(9-11-22)18(23)6-7-20-12-14-25-15-13-20/h16-17H,2-15H2,1H3. The molecule has 2 aliphatic heterocycles. The maximum atomic E-state index is 12.7. The van der Waals surface area contributed by atoms with Crippen LogP contribution in [0, 0.1) is 11.8 Å². The van der Waals surface area contributed by atoms with E-state index in [-0.39, 0.29) is 11.8 Å². The summed E-state index contributed by atoms with van der Waals surface area (Å²) >= 11 is 0. The van der Waals surface area contributed by atoms with Crippen molar-refractivity contribution in [3.05, 3.63) is 0 Å². The number of morpholine rings is 1. The van der Waals surface area contributed by atoms with E-state index in [0.29, 0.717) is 44.4 Å². The van der Waals surface area contributed by atoms with Crippen LogP contribution in [0.3, 0.4) is 0 Å². The van der Waals surface area contributed by atoms with Crippen molar-refractivity contribution < 1.29 is 14.3 Å². The van der Waals surface area contributed by atoms with Crippen LogP contribution in [-0.2, 0) is 14.3 Å². The van der Waals surface area contributed by atoms with Crippen LogP contribution in [0.2, 0.25) is 0 Å². The molecular formula is C19H33N3O3. The van der Waals surface area contributed by atoms with Gasteiger partial charge in [-0.25, -0.2) is 0 Å². The minimum absolute atomic E-state index is 0.145. The normalized spacial score (nSPS) is 24.5. The second kappa shape index (κ2) is 8.99. The molecule has 0 aromatic rings. The predicted molar refractivity (Wildman–Crippen MR) is 96.2 cm³/mol. The Morgan fingerprint density at radius 3 is 2.20 bits per heavy atom. The van der Waals surface area contributed by atoms with Gasteiger partial charge in [-0.2, -0.15) is 0 Å². The van der Waals surface area contributed by atoms with Crippen molar-refractivity contribution in [2.75, 3.05) is 59.0 Å². The van der Waals surface area contributed by atoms with Gasteiger partial charge in [0.15, 0.2) is 0 Å². The Kier molecular flexibility index (Phi) is 6.70. The summed E-state index contributed by atoms with van der Waals surface area (Å²) in [5.41, 5.74) is 0. The van der Waals surface area contributed by atoms with E-state index < -0.39 is 0 Å². The molecule has 6 heteroatoms. The average molecular weight is 351 g/mol. The Bertz CT molecular complexity index is 451. The van der Waals surface area contributed by atoms with Crippen molar-refractivity contribution in [1.29, 1.82) is 0 Å². The third-order valence-electron chi connectivity index (χ3n) is 6.19. The zero-order chi connectivity index (χ0) is 17.6. The highest BCUT2D eigenvalue weighted by atomic mass is 16.5. The van der Waals surface area contributed by atoms with Crippen LogP contribution in [0.1, 0.15) is 39.0 Å². The lowest BCUT2D eigenvalue weighted by Crippen LogP contribution is -2.52. The molecule has 0 aromatic heterocycles. The van der Waals surface area contributed by atoms with E-state index in [9.17, 15) is 9.59 Å². The summed E-state index contributed by atoms with van der Waals surface area (Å²) in [5, 5.41) is 0. The zero-order valence-electron chi connectivity index (χ0n) is 15.6. The SMILES string of the molecule is CC(C(=O)N1CCN(C(=O)CCN2CCOCC2)CC1)C1CCCC1. The van der Waals surface area contributed by atoms with Gasteiger partial charge < -0.3 is 14.5 Å². The topological polar surface area (TPSA) is 53.1 Å². The molecule has 0 aromatic carbocycles. The molecule has 1 saturated carbocycles. The van der Waals surface area contributed by atoms with E-state index in [0.717, 1.165) is 32.8 Å². The number of hydrogen-bond donors (Lipinski definition) is 0. The predicted octanol–water partition coefficient (Wildman–Crippen LogP) is 1.21. The van der Waals surface area contributed by atoms with Gasteiger partial charge in [-0.05, 0) is 18.8 Å². The van der Waals surface area contributed by atoms with Crippen molar-refractivity contribution >= 4 is 11.8 Å². The van der Waals surface area contributed by atoms with Crippen molar-refractivity contribution in [1.82, 2.24) is 14.7 Å². The van der Waals surface area contributed by atoms with Crippen LogP contribution < -0.4 is 0 Å². The number of amides is 2. The Morgan fingerprint density at radius 1 is 0.960 bits per heavy atom. The smallest absolute Gasteiger partial charge is 0.225 e. The molecule has 0 spiro atoms. The van der Waals surface area contributed by atoms with E-state index in [4.69, 9.17) is 4.74 Å². The van der Waals surface area contributed by atoms with Gasteiger partial charge in [-0.1, -0.05) is 19.8 Å². The summed E-state index contributed by atoms with van der Waals surface area (Å²) in [6, 6.07) is 0. The van der Waals surface area contributed by atoms with Gasteiger partial charge in [0.2, 0.25) is 11.8 Å². The largest absolute Gasteiger partial charge is 0.379 e. The maximum Gasteiger partial charge on any atom is 0.225 e. The highest BCUT2D eigenvalue weighted by Gasteiger charge is 2.32. The molecular weight excluding hydrogens is 318 g/mol. The van der Waals surface area contributed by atoms with E-state index >= 15 is 0 Å². The van der Waals surface area contributed by atoms with Crippen LogP contribution >= 0.6 is 0 Å². The summed E-state index contributed by atoms with van der Waals surface area (Å²) < 4.78 is 5.34. The first-order valence-corrected chi connectivity index (χ1v) is 10.0. The van der Waals surface area contributed by atoms with Crippen LogP contribution in [0.4, 0.5) is 0 Å². The highest BCUT2D eigenvalue weighted by Crippen LogP contribution is 2.32. The first-order valence-electron chi connectivity index (χ1n) is 10.0. The van der Waals surface area contributed by atoms with Crippen LogP contribution in [0.25, 0.3) is 0 Å². The molecule has 1 unspecified atom stereocenters. The number of rotatable bonds is 5. The van der Waals surface area contributed by atoms with Gasteiger partial charge in [0, 0.05) is 58.2 Å². The average Bonchev–Trinajstić information content (AvgIpc) is 3.20. The van der Waals surface area contributed by atoms with Gasteiger partial charge in [0.1, 0.15) is 0 Å². The maximum absolute atomic E-state index is 12.7. The van der Waals surface area contributed by atoms with Crippen LogP contribution in [0.5, 0.6) is 0 Å². The fourth-order valence-corrected chi connectivity index (χ4v) is 4.36. The molecule has 25 heavy (non-hydrogen) atoms. The Labute approximate surface area is 151 Å². The molecule has 3 aliphatic rings. The fourth-order valence-electron chi connectivity index (χ4n) is 4.36. The number of carbonyl (C=O) groups is 2. The van der Waals surface area contributed by atoms with E-state index in [1.165, 1.54) is 25.7 Å². The van der Waals surface area contributed by atoms with Gasteiger partial charge in [0.25, 0.3) is 0 Å². The summed E-state index contributed by atoms with van der Waals surface area (Å²) in [7, 11) is 0. The van der Waals surface area contributed by atoms with Crippen LogP contribution in [0.15, 0.2) is 0 Å². The molecule has 3 rings (SSSR count). The van der Waals surface area contributed by atoms with Crippen LogP contribution in [-0.4, -0.2) is 85.5 Å². The minimum Gasteiger partial charge on any atom is -0.379 e. The molecule has 0 radical (unpaired) electrons. The van der Waals surface area contributed by atoms with Gasteiger partial charge >= 0.3 is 0 Å². The molecule has 0 bridgehead atoms. The molecule has 3 fully saturated rings. The first-order chi connectivity index (χ1) is 12.1. The van der Waals surface area contributed by atoms with Crippen molar-refractivity contribution in [3.8, 4) is 0 Å². The lowest BCUT2D eigenvalue weighted by molar-refractivity contribution is -0.143. The summed E-state index contributed by atoms with van der Waals surface area (Å²) in [5.74, 6) is 1.24. The number of ether oxygens (including phenoxy) is 1. The lowest BCUT2D eigenvalue weighted by Gasteiger charge is -2.37. The van der Waals surface area contributed by atoms with E-state index in [1.54, 1.807) is 0 Å². The van der Waals surface area contributed by atoms with Crippen molar-refractivity contribution in [3.63, 3.8) is 0 Å². The fraction of sp³-hybridized carbons (Fsp3) is 0.895. The molecule has 6 nitrogen and oxygen atoms in total. The molecule has 142 valence electrons. The molecule has 0 N–H and O–H groups in total. The number of piperazine rings is 1. The van der Waals surface area contributed by atoms with E-state index in [1.807, 2.05) is 9.80 Å². The second-order valence-corrected chi connectivity index (χ2v) is 7.74. The third kappa shape index (κ3) is 4.94. The number of nitrogens with zero attached hydrogens (tertiary/aromatic N) is 3. The molecule has 1 aliphatic carbocycles. The lowest BCUT2D eigenvalue weighted by atomic mass is 9.91. The summed E-state index contributed by atoms with van der Waals surface area (Å²) in [6.45, 7) is 9.07. The molecule has 2 saturated heterocycles. The number of hydrogen-bond acceptors (Lipinski definition) is 4. The van der Waals surface area contributed by atoms with E-state index in [2.05, 4.69) is 11.8 Å². The van der Waals surface area contributed by atoms with Gasteiger partial charge in [-0.3, -0.25) is 14.5 Å². The highest BCUT2D eigenvalue weighted by molar-refractivity contribution is 5.80. The Hall–Kier alpha value is -1.14. The van der Waals surface area contributed by atoms with Gasteiger partial charge in [-0.15, -0.1) is 0 Å². The minimum atomic E-state index is 0.145. The van der Waals surface area contributed by atoms with Gasteiger partial charge in [0.05, 0.1) is 13.2 Å². The Morgan fingerprint density at radius 2 is 1.56 bits per heavy atom. The quantitative estimate of drug-likeness (QED) is 0.747. The third-order valence-corrected chi connectivity index (χ3v) is 6.19. The van der Waals surface area contributed by atoms with Crippen molar-refractivity contribution in [2.24, 2.45) is 11.8 Å². The second-order valence-electron chi connectivity index (χ2n) is 7.74. The summed E-state index contributed by atoms with van der Waals surface area (Å²) in [6.07, 6.45) is 5.52. The monoisotopic (exact) mass is 351 g/mol. The van der Waals surface area contributed by atoms with Crippen molar-refractivity contribution in [2.45, 2.75) is 39.0 Å². The molecule has 1 atom stereocenters.